The van der Waals surface area contributed by atoms with E-state index in [1.165, 1.54) is 20.0 Å². The second-order valence-electron chi connectivity index (χ2n) is 10.4. The predicted molar refractivity (Wildman–Crippen MR) is 149 cm³/mol. The number of nitrogens with zero attached hydrogens (tertiary/aromatic N) is 4. The number of amides is 2. The first kappa shape index (κ1) is 27.4. The highest BCUT2D eigenvalue weighted by Crippen LogP contribution is 2.43. The van der Waals surface area contributed by atoms with Gasteiger partial charge in [-0.15, -0.1) is 11.3 Å². The summed E-state index contributed by atoms with van der Waals surface area (Å²) in [5, 5.41) is 16.1. The van der Waals surface area contributed by atoms with E-state index in [0.717, 1.165) is 28.4 Å². The Bertz CT molecular complexity index is 1420. The van der Waals surface area contributed by atoms with Gasteiger partial charge in [0.05, 0.1) is 24.5 Å². The summed E-state index contributed by atoms with van der Waals surface area (Å²) in [5.74, 6) is 1.30. The van der Waals surface area contributed by atoms with Gasteiger partial charge < -0.3 is 25.4 Å². The first-order valence-electron chi connectivity index (χ1n) is 12.8. The Labute approximate surface area is 231 Å². The number of benzene rings is 1. The lowest BCUT2D eigenvalue weighted by Gasteiger charge is -2.36. The highest BCUT2D eigenvalue weighted by atomic mass is 32.2. The molecule has 2 fully saturated rings. The number of carbonyl (C=O) groups is 1. The lowest BCUT2D eigenvalue weighted by atomic mass is 9.82. The van der Waals surface area contributed by atoms with Crippen molar-refractivity contribution in [3.05, 3.63) is 47.6 Å². The van der Waals surface area contributed by atoms with Gasteiger partial charge in [0.2, 0.25) is 14.2 Å². The zero-order chi connectivity index (χ0) is 27.8. The minimum Gasteiger partial charge on any atom is -0.377 e. The number of anilines is 2. The van der Waals surface area contributed by atoms with Crippen molar-refractivity contribution >= 4 is 38.7 Å². The van der Waals surface area contributed by atoms with Crippen LogP contribution < -0.4 is 15.5 Å². The third-order valence-electron chi connectivity index (χ3n) is 6.82. The lowest BCUT2D eigenvalue weighted by Crippen LogP contribution is -2.45. The molecule has 0 radical (unpaired) electrons. The van der Waals surface area contributed by atoms with Crippen molar-refractivity contribution < 1.29 is 23.1 Å². The Morgan fingerprint density at radius 2 is 1.95 bits per heavy atom. The van der Waals surface area contributed by atoms with Crippen molar-refractivity contribution in [3.63, 3.8) is 0 Å². The van der Waals surface area contributed by atoms with Crippen molar-refractivity contribution in [3.8, 4) is 11.4 Å². The molecule has 2 aromatic heterocycles. The second kappa shape index (κ2) is 10.8. The van der Waals surface area contributed by atoms with Crippen LogP contribution in [-0.4, -0.2) is 71.3 Å². The van der Waals surface area contributed by atoms with Crippen LogP contribution in [0.1, 0.15) is 45.2 Å². The molecule has 0 spiro atoms. The van der Waals surface area contributed by atoms with Gasteiger partial charge in [-0.3, -0.25) is 0 Å². The van der Waals surface area contributed by atoms with Crippen molar-refractivity contribution in [2.24, 2.45) is 0 Å². The number of nitrogens with one attached hydrogen (secondary N) is 2. The van der Waals surface area contributed by atoms with Gasteiger partial charge in [0, 0.05) is 47.1 Å². The second-order valence-corrected chi connectivity index (χ2v) is 13.7. The molecule has 5 rings (SSSR count). The normalized spacial score (nSPS) is 21.7. The average Bonchev–Trinajstić information content (AvgIpc) is 3.38. The van der Waals surface area contributed by atoms with Gasteiger partial charge in [-0.2, -0.15) is 0 Å². The molecule has 1 aliphatic heterocycles. The number of morpholine rings is 1. The zero-order valence-corrected chi connectivity index (χ0v) is 23.6. The molecule has 3 aromatic rings. The summed E-state index contributed by atoms with van der Waals surface area (Å²) >= 11 is 1.15. The smallest absolute Gasteiger partial charge is 0.321 e. The van der Waals surface area contributed by atoms with Crippen molar-refractivity contribution in [2.45, 2.75) is 60.9 Å². The third-order valence-corrected chi connectivity index (χ3v) is 10.2. The van der Waals surface area contributed by atoms with E-state index in [0.29, 0.717) is 44.1 Å². The van der Waals surface area contributed by atoms with E-state index >= 15 is 0 Å². The third kappa shape index (κ3) is 6.21. The molecule has 11 nitrogen and oxygen atoms in total. The fourth-order valence-corrected chi connectivity index (χ4v) is 7.64. The number of ether oxygens (including phenoxy) is 1. The van der Waals surface area contributed by atoms with Crippen LogP contribution in [0.4, 0.5) is 16.3 Å². The standard InChI is InChI=1S/C26H32N6O5S2/c1-16-15-37-10-9-32(16)22-14-21(18-12-20(13-18)39(35,36)25-27-8-11-38-25)29-23(30-22)17-4-6-19(7-5-17)28-24(33)31-26(2,3)34/h4-8,11,14,16,18,20,34H,9-10,12-13,15H2,1-3H3,(H2,28,31,33)/t16-,18?,20?/m0/s1. The van der Waals surface area contributed by atoms with Gasteiger partial charge >= 0.3 is 6.03 Å². The van der Waals surface area contributed by atoms with Crippen LogP contribution in [0.25, 0.3) is 11.4 Å². The van der Waals surface area contributed by atoms with Crippen molar-refractivity contribution in [1.82, 2.24) is 20.3 Å². The Balaban J connectivity index is 1.39. The van der Waals surface area contributed by atoms with Gasteiger partial charge in [-0.05, 0) is 57.9 Å². The monoisotopic (exact) mass is 572 g/mol. The van der Waals surface area contributed by atoms with E-state index in [-0.39, 0.29) is 16.3 Å². The molecule has 1 aliphatic carbocycles. The minimum atomic E-state index is -3.45. The number of carbonyl (C=O) groups excluding carboxylic acids is 1. The molecular weight excluding hydrogens is 540 g/mol. The molecular formula is C26H32N6O5S2. The highest BCUT2D eigenvalue weighted by Gasteiger charge is 2.42. The van der Waals surface area contributed by atoms with Gasteiger partial charge in [0.15, 0.2) is 5.82 Å². The maximum atomic E-state index is 12.9. The Morgan fingerprint density at radius 1 is 1.21 bits per heavy atom. The maximum Gasteiger partial charge on any atom is 0.321 e. The molecule has 1 atom stereocenters. The number of aliphatic hydroxyl groups is 1. The average molecular weight is 573 g/mol. The summed E-state index contributed by atoms with van der Waals surface area (Å²) in [4.78, 5) is 28.0. The van der Waals surface area contributed by atoms with E-state index in [1.54, 1.807) is 17.5 Å². The maximum absolute atomic E-state index is 12.9. The molecule has 1 aromatic carbocycles. The van der Waals surface area contributed by atoms with E-state index in [1.807, 2.05) is 18.2 Å². The molecule has 13 heteroatoms. The van der Waals surface area contributed by atoms with Crippen molar-refractivity contribution in [2.75, 3.05) is 30.0 Å². The minimum absolute atomic E-state index is 0.00643. The predicted octanol–water partition coefficient (Wildman–Crippen LogP) is 3.40. The van der Waals surface area contributed by atoms with Crippen LogP contribution in [0, 0.1) is 0 Å². The molecule has 2 amide bonds. The first-order chi connectivity index (χ1) is 18.5. The number of hydrogen-bond donors (Lipinski definition) is 3. The van der Waals surface area contributed by atoms with Gasteiger partial charge in [0.1, 0.15) is 11.5 Å². The van der Waals surface area contributed by atoms with E-state index in [9.17, 15) is 18.3 Å². The molecule has 208 valence electrons. The molecule has 39 heavy (non-hydrogen) atoms. The van der Waals surface area contributed by atoms with Gasteiger partial charge in [-0.25, -0.2) is 28.2 Å². The number of hydrogen-bond acceptors (Lipinski definition) is 10. The largest absolute Gasteiger partial charge is 0.377 e. The summed E-state index contributed by atoms with van der Waals surface area (Å²) in [6.07, 6.45) is 2.48. The SMILES string of the molecule is C[C@H]1COCCN1c1cc(C2CC(S(=O)(=O)c3nccs3)C2)nc(-c2ccc(NC(=O)NC(C)(C)O)cc2)n1. The fraction of sp³-hybridized carbons (Fsp3) is 0.462. The van der Waals surface area contributed by atoms with Gasteiger partial charge in [-0.1, -0.05) is 0 Å². The summed E-state index contributed by atoms with van der Waals surface area (Å²) in [5.41, 5.74) is 0.781. The first-order valence-corrected chi connectivity index (χ1v) is 15.2. The molecule has 0 bridgehead atoms. The zero-order valence-electron chi connectivity index (χ0n) is 22.0. The number of sulfone groups is 1. The van der Waals surface area contributed by atoms with E-state index < -0.39 is 26.8 Å². The van der Waals surface area contributed by atoms with Crippen LogP contribution in [0.3, 0.4) is 0 Å². The molecule has 1 saturated heterocycles. The van der Waals surface area contributed by atoms with Crippen LogP contribution in [0.5, 0.6) is 0 Å². The van der Waals surface area contributed by atoms with Crippen molar-refractivity contribution in [1.29, 1.82) is 0 Å². The number of rotatable bonds is 7. The highest BCUT2D eigenvalue weighted by molar-refractivity contribution is 7.94. The van der Waals surface area contributed by atoms with Crippen LogP contribution in [-0.2, 0) is 14.6 Å². The fourth-order valence-electron chi connectivity index (χ4n) is 4.70. The van der Waals surface area contributed by atoms with E-state index in [2.05, 4.69) is 27.4 Å². The summed E-state index contributed by atoms with van der Waals surface area (Å²) in [6, 6.07) is 8.71. The molecule has 3 N–H and O–H groups in total. The number of urea groups is 1. The summed E-state index contributed by atoms with van der Waals surface area (Å²) < 4.78 is 31.6. The summed E-state index contributed by atoms with van der Waals surface area (Å²) in [6.45, 7) is 6.93. The molecule has 3 heterocycles. The Hall–Kier alpha value is -3.13. The Morgan fingerprint density at radius 3 is 2.59 bits per heavy atom. The lowest BCUT2D eigenvalue weighted by molar-refractivity contribution is 0.0569. The number of aromatic nitrogens is 3. The van der Waals surface area contributed by atoms with E-state index in [4.69, 9.17) is 14.7 Å². The van der Waals surface area contributed by atoms with Crippen LogP contribution >= 0.6 is 11.3 Å². The molecule has 2 aliphatic rings. The van der Waals surface area contributed by atoms with Gasteiger partial charge in [0.25, 0.3) is 0 Å². The molecule has 1 saturated carbocycles. The molecule has 0 unspecified atom stereocenters. The number of thiazole rings is 1. The summed E-state index contributed by atoms with van der Waals surface area (Å²) in [7, 11) is -3.45. The Kier molecular flexibility index (Phi) is 7.60. The van der Waals surface area contributed by atoms with Crippen LogP contribution in [0.15, 0.2) is 46.2 Å². The topological polar surface area (TPSA) is 147 Å². The quantitative estimate of drug-likeness (QED) is 0.363. The van der Waals surface area contributed by atoms with Crippen LogP contribution in [0.2, 0.25) is 0 Å².